The van der Waals surface area contributed by atoms with Gasteiger partial charge < -0.3 is 19.9 Å². The molecule has 5 nitrogen and oxygen atoms in total. The molecule has 1 N–H and O–H groups in total. The molecule has 1 aromatic heterocycles. The summed E-state index contributed by atoms with van der Waals surface area (Å²) in [5.41, 5.74) is 2.64. The first-order chi connectivity index (χ1) is 12.7. The lowest BCUT2D eigenvalue weighted by Crippen LogP contribution is -2.53. The minimum Gasteiger partial charge on any atom is -0.497 e. The summed E-state index contributed by atoms with van der Waals surface area (Å²) >= 11 is 1.75. The van der Waals surface area contributed by atoms with Gasteiger partial charge in [-0.05, 0) is 52.6 Å². The fraction of sp³-hybridized carbons (Fsp3) is 0.450. The van der Waals surface area contributed by atoms with Crippen molar-refractivity contribution < 1.29 is 4.74 Å². The fourth-order valence-corrected chi connectivity index (χ4v) is 4.00. The molecule has 0 saturated carbocycles. The molecule has 1 fully saturated rings. The Balaban J connectivity index is 1.50. The number of nitrogens with zero attached hydrogens (tertiary/aromatic N) is 3. The van der Waals surface area contributed by atoms with Crippen LogP contribution < -0.4 is 15.0 Å². The zero-order valence-electron chi connectivity index (χ0n) is 15.8. The van der Waals surface area contributed by atoms with Crippen molar-refractivity contribution in [1.82, 2.24) is 10.2 Å². The molecule has 0 aliphatic carbocycles. The summed E-state index contributed by atoms with van der Waals surface area (Å²) in [7, 11) is 3.57. The Kier molecular flexibility index (Phi) is 6.39. The van der Waals surface area contributed by atoms with Gasteiger partial charge in [0.1, 0.15) is 5.75 Å². The van der Waals surface area contributed by atoms with Crippen LogP contribution in [0.1, 0.15) is 18.4 Å². The lowest BCUT2D eigenvalue weighted by molar-refractivity contribution is 0.371. The molecule has 1 aromatic carbocycles. The maximum absolute atomic E-state index is 5.24. The number of benzene rings is 1. The minimum atomic E-state index is 0.485. The summed E-state index contributed by atoms with van der Waals surface area (Å²) in [6, 6.07) is 10.5. The molecule has 0 spiro atoms. The van der Waals surface area contributed by atoms with Gasteiger partial charge >= 0.3 is 0 Å². The molecule has 140 valence electrons. The average molecular weight is 373 g/mol. The summed E-state index contributed by atoms with van der Waals surface area (Å²) in [4.78, 5) is 9.25. The molecule has 0 bridgehead atoms. The third-order valence-corrected chi connectivity index (χ3v) is 5.61. The van der Waals surface area contributed by atoms with Crippen molar-refractivity contribution in [3.63, 3.8) is 0 Å². The van der Waals surface area contributed by atoms with Gasteiger partial charge in [0.15, 0.2) is 5.96 Å². The number of methoxy groups -OCH3 is 1. The highest BCUT2D eigenvalue weighted by molar-refractivity contribution is 7.07. The summed E-state index contributed by atoms with van der Waals surface area (Å²) in [5, 5.41) is 7.91. The topological polar surface area (TPSA) is 40.1 Å². The molecule has 0 amide bonds. The van der Waals surface area contributed by atoms with Gasteiger partial charge in [-0.25, -0.2) is 0 Å². The zero-order valence-corrected chi connectivity index (χ0v) is 16.6. The molecule has 26 heavy (non-hydrogen) atoms. The first kappa shape index (κ1) is 18.6. The molecule has 2 heterocycles. The lowest BCUT2D eigenvalue weighted by Gasteiger charge is -2.38. The maximum atomic E-state index is 5.24. The summed E-state index contributed by atoms with van der Waals surface area (Å²) in [6.45, 7) is 7.09. The van der Waals surface area contributed by atoms with E-state index in [9.17, 15) is 0 Å². The Morgan fingerprint density at radius 2 is 1.92 bits per heavy atom. The van der Waals surface area contributed by atoms with Gasteiger partial charge in [-0.15, -0.1) is 0 Å². The van der Waals surface area contributed by atoms with Gasteiger partial charge in [-0.2, -0.15) is 11.3 Å². The van der Waals surface area contributed by atoms with Crippen molar-refractivity contribution in [1.29, 1.82) is 0 Å². The first-order valence-corrected chi connectivity index (χ1v) is 10.0. The van der Waals surface area contributed by atoms with Crippen LogP contribution in [-0.4, -0.2) is 57.7 Å². The van der Waals surface area contributed by atoms with E-state index in [1.165, 1.54) is 11.3 Å². The second-order valence-corrected chi connectivity index (χ2v) is 7.34. The predicted molar refractivity (Wildman–Crippen MR) is 111 cm³/mol. The number of thiophene rings is 1. The molecule has 1 unspecified atom stereocenters. The molecule has 3 rings (SSSR count). The standard InChI is InChI=1S/C20H28N4OS/c1-16(17-8-13-26-15-17)14-22-20(21-2)24-11-9-23(10-12-24)18-4-6-19(25-3)7-5-18/h4-8,13,15-16H,9-12,14H2,1-3H3,(H,21,22). The normalized spacial score (nSPS) is 16.5. The first-order valence-electron chi connectivity index (χ1n) is 9.08. The second kappa shape index (κ2) is 8.94. The molecular formula is C20H28N4OS. The molecule has 2 aromatic rings. The van der Waals surface area contributed by atoms with E-state index in [0.717, 1.165) is 44.4 Å². The van der Waals surface area contributed by atoms with Gasteiger partial charge in [0.2, 0.25) is 0 Å². The molecular weight excluding hydrogens is 344 g/mol. The van der Waals surface area contributed by atoms with E-state index in [-0.39, 0.29) is 0 Å². The number of hydrogen-bond donors (Lipinski definition) is 1. The zero-order chi connectivity index (χ0) is 18.4. The van der Waals surface area contributed by atoms with Crippen LogP contribution in [0.3, 0.4) is 0 Å². The van der Waals surface area contributed by atoms with Crippen molar-refractivity contribution in [3.8, 4) is 5.75 Å². The number of anilines is 1. The Bertz CT molecular complexity index is 691. The van der Waals surface area contributed by atoms with E-state index in [1.807, 2.05) is 19.2 Å². The summed E-state index contributed by atoms with van der Waals surface area (Å²) in [6.07, 6.45) is 0. The van der Waals surface area contributed by atoms with Crippen molar-refractivity contribution in [2.75, 3.05) is 51.8 Å². The summed E-state index contributed by atoms with van der Waals surface area (Å²) < 4.78 is 5.24. The quantitative estimate of drug-likeness (QED) is 0.646. The van der Waals surface area contributed by atoms with E-state index in [2.05, 4.69) is 56.0 Å². The third kappa shape index (κ3) is 4.49. The maximum Gasteiger partial charge on any atom is 0.193 e. The average Bonchev–Trinajstić information content (AvgIpc) is 3.24. The molecule has 1 aliphatic heterocycles. The van der Waals surface area contributed by atoms with Crippen LogP contribution in [0.25, 0.3) is 0 Å². The highest BCUT2D eigenvalue weighted by Gasteiger charge is 2.20. The SMILES string of the molecule is CN=C(NCC(C)c1ccsc1)N1CCN(c2ccc(OC)cc2)CC1. The Morgan fingerprint density at radius 1 is 1.19 bits per heavy atom. The Hall–Kier alpha value is -2.21. The number of ether oxygens (including phenoxy) is 1. The molecule has 1 aliphatic rings. The van der Waals surface area contributed by atoms with E-state index in [1.54, 1.807) is 18.4 Å². The number of aliphatic imine (C=N–C) groups is 1. The van der Waals surface area contributed by atoms with Crippen LogP contribution in [0.2, 0.25) is 0 Å². The minimum absolute atomic E-state index is 0.485. The Morgan fingerprint density at radius 3 is 2.50 bits per heavy atom. The van der Waals surface area contributed by atoms with Crippen molar-refractivity contribution >= 4 is 23.0 Å². The number of hydrogen-bond acceptors (Lipinski definition) is 4. The monoisotopic (exact) mass is 372 g/mol. The van der Waals surface area contributed by atoms with Gasteiger partial charge in [0, 0.05) is 45.5 Å². The molecule has 6 heteroatoms. The van der Waals surface area contributed by atoms with Crippen LogP contribution in [-0.2, 0) is 0 Å². The van der Waals surface area contributed by atoms with Crippen LogP contribution in [0.4, 0.5) is 5.69 Å². The second-order valence-electron chi connectivity index (χ2n) is 6.56. The van der Waals surface area contributed by atoms with Gasteiger partial charge in [0.25, 0.3) is 0 Å². The third-order valence-electron chi connectivity index (χ3n) is 4.91. The van der Waals surface area contributed by atoms with E-state index < -0.39 is 0 Å². The number of nitrogens with one attached hydrogen (secondary N) is 1. The number of rotatable bonds is 5. The van der Waals surface area contributed by atoms with E-state index >= 15 is 0 Å². The van der Waals surface area contributed by atoms with E-state index in [0.29, 0.717) is 5.92 Å². The number of guanidine groups is 1. The van der Waals surface area contributed by atoms with Crippen molar-refractivity contribution in [2.45, 2.75) is 12.8 Å². The highest BCUT2D eigenvalue weighted by Crippen LogP contribution is 2.21. The van der Waals surface area contributed by atoms with Crippen molar-refractivity contribution in [2.24, 2.45) is 4.99 Å². The van der Waals surface area contributed by atoms with Crippen LogP contribution in [0, 0.1) is 0 Å². The van der Waals surface area contributed by atoms with Crippen molar-refractivity contribution in [3.05, 3.63) is 46.7 Å². The van der Waals surface area contributed by atoms with Gasteiger partial charge in [0.05, 0.1) is 7.11 Å². The smallest absolute Gasteiger partial charge is 0.193 e. The Labute approximate surface area is 160 Å². The van der Waals surface area contributed by atoms with Crippen LogP contribution in [0.15, 0.2) is 46.1 Å². The summed E-state index contributed by atoms with van der Waals surface area (Å²) in [5.74, 6) is 2.39. The molecule has 0 radical (unpaired) electrons. The molecule has 1 atom stereocenters. The predicted octanol–water partition coefficient (Wildman–Crippen LogP) is 3.26. The fourth-order valence-electron chi connectivity index (χ4n) is 3.22. The molecule has 1 saturated heterocycles. The van der Waals surface area contributed by atoms with Gasteiger partial charge in [-0.3, -0.25) is 4.99 Å². The highest BCUT2D eigenvalue weighted by atomic mass is 32.1. The van der Waals surface area contributed by atoms with E-state index in [4.69, 9.17) is 4.74 Å². The largest absolute Gasteiger partial charge is 0.497 e. The van der Waals surface area contributed by atoms with Crippen LogP contribution in [0.5, 0.6) is 5.75 Å². The van der Waals surface area contributed by atoms with Gasteiger partial charge in [-0.1, -0.05) is 6.92 Å². The van der Waals surface area contributed by atoms with Crippen LogP contribution >= 0.6 is 11.3 Å². The lowest BCUT2D eigenvalue weighted by atomic mass is 10.1. The number of piperazine rings is 1.